The molecule has 0 aliphatic rings. The number of nitrogens with zero attached hydrogens (tertiary/aromatic N) is 1. The molecule has 0 fully saturated rings. The summed E-state index contributed by atoms with van der Waals surface area (Å²) in [7, 11) is 1.51. The molecule has 2 aromatic rings. The van der Waals surface area contributed by atoms with Gasteiger partial charge in [-0.15, -0.1) is 0 Å². The molecule has 0 aliphatic carbocycles. The lowest BCUT2D eigenvalue weighted by Gasteiger charge is -2.09. The van der Waals surface area contributed by atoms with Crippen LogP contribution in [0.5, 0.6) is 5.75 Å². The third kappa shape index (κ3) is 2.46. The number of nitrogens with one attached hydrogen (secondary N) is 1. The fourth-order valence-corrected chi connectivity index (χ4v) is 1.64. The van der Waals surface area contributed by atoms with Gasteiger partial charge in [0.25, 0.3) is 5.91 Å². The van der Waals surface area contributed by atoms with Crippen molar-refractivity contribution in [1.82, 2.24) is 5.16 Å². The summed E-state index contributed by atoms with van der Waals surface area (Å²) in [6, 6.07) is 4.95. The molecule has 1 N–H and O–H groups in total. The fourth-order valence-electron chi connectivity index (χ4n) is 1.47. The monoisotopic (exact) mass is 266 g/mol. The van der Waals surface area contributed by atoms with Crippen LogP contribution in [0.15, 0.2) is 28.9 Å². The van der Waals surface area contributed by atoms with Gasteiger partial charge in [0.1, 0.15) is 5.75 Å². The molecule has 0 saturated heterocycles. The molecule has 18 heavy (non-hydrogen) atoms. The maximum Gasteiger partial charge on any atom is 0.294 e. The summed E-state index contributed by atoms with van der Waals surface area (Å²) < 4.78 is 10.00. The van der Waals surface area contributed by atoms with Crippen molar-refractivity contribution >= 4 is 23.2 Å². The number of halogens is 1. The van der Waals surface area contributed by atoms with Crippen LogP contribution in [0.3, 0.4) is 0 Å². The van der Waals surface area contributed by atoms with Crippen molar-refractivity contribution in [3.8, 4) is 5.75 Å². The highest BCUT2D eigenvalue weighted by atomic mass is 35.5. The van der Waals surface area contributed by atoms with Gasteiger partial charge in [-0.25, -0.2) is 0 Å². The van der Waals surface area contributed by atoms with E-state index in [0.29, 0.717) is 22.0 Å². The van der Waals surface area contributed by atoms with Crippen LogP contribution in [0.1, 0.15) is 16.1 Å². The average molecular weight is 267 g/mol. The minimum Gasteiger partial charge on any atom is -0.495 e. The van der Waals surface area contributed by atoms with E-state index in [0.717, 1.165) is 0 Å². The Bertz CT molecular complexity index is 580. The first kappa shape index (κ1) is 12.4. The molecular weight excluding hydrogens is 256 g/mol. The second kappa shape index (κ2) is 5.10. The van der Waals surface area contributed by atoms with Gasteiger partial charge in [-0.3, -0.25) is 4.79 Å². The van der Waals surface area contributed by atoms with E-state index in [1.54, 1.807) is 25.1 Å². The molecule has 0 radical (unpaired) electrons. The van der Waals surface area contributed by atoms with Crippen LogP contribution < -0.4 is 10.1 Å². The molecule has 5 nitrogen and oxygen atoms in total. The lowest BCUT2D eigenvalue weighted by molar-refractivity contribution is 0.0986. The van der Waals surface area contributed by atoms with E-state index in [1.165, 1.54) is 13.3 Å². The number of hydrogen-bond donors (Lipinski definition) is 1. The summed E-state index contributed by atoms with van der Waals surface area (Å²) in [6.07, 6.45) is 1.48. The number of methoxy groups -OCH3 is 1. The van der Waals surface area contributed by atoms with E-state index < -0.39 is 5.91 Å². The summed E-state index contributed by atoms with van der Waals surface area (Å²) in [4.78, 5) is 11.9. The first-order valence-corrected chi connectivity index (χ1v) is 5.56. The van der Waals surface area contributed by atoms with Gasteiger partial charge in [0, 0.05) is 10.6 Å². The maximum absolute atomic E-state index is 11.9. The van der Waals surface area contributed by atoms with Gasteiger partial charge in [0.05, 0.1) is 19.0 Å². The van der Waals surface area contributed by atoms with E-state index in [2.05, 4.69) is 10.5 Å². The van der Waals surface area contributed by atoms with Gasteiger partial charge in [-0.1, -0.05) is 16.8 Å². The van der Waals surface area contributed by atoms with E-state index in [9.17, 15) is 4.79 Å². The molecule has 6 heteroatoms. The van der Waals surface area contributed by atoms with E-state index in [1.807, 2.05) is 0 Å². The number of carbonyl (C=O) groups excluding carboxylic acids is 1. The van der Waals surface area contributed by atoms with Crippen molar-refractivity contribution < 1.29 is 14.1 Å². The third-order valence-electron chi connectivity index (χ3n) is 2.36. The highest BCUT2D eigenvalue weighted by Gasteiger charge is 2.16. The zero-order chi connectivity index (χ0) is 13.1. The largest absolute Gasteiger partial charge is 0.495 e. The number of hydrogen-bond acceptors (Lipinski definition) is 4. The molecule has 0 aliphatic heterocycles. The predicted molar refractivity (Wildman–Crippen MR) is 67.2 cm³/mol. The molecule has 0 saturated carbocycles. The summed E-state index contributed by atoms with van der Waals surface area (Å²) >= 11 is 5.87. The van der Waals surface area contributed by atoms with Gasteiger partial charge < -0.3 is 14.6 Å². The Balaban J connectivity index is 2.27. The zero-order valence-corrected chi connectivity index (χ0v) is 10.6. The molecule has 1 amide bonds. The van der Waals surface area contributed by atoms with Crippen LogP contribution in [0, 0.1) is 6.92 Å². The predicted octanol–water partition coefficient (Wildman–Crippen LogP) is 2.90. The number of aromatic nitrogens is 1. The second-order valence-corrected chi connectivity index (χ2v) is 4.07. The highest BCUT2D eigenvalue weighted by molar-refractivity contribution is 6.31. The Kier molecular flexibility index (Phi) is 3.53. The average Bonchev–Trinajstić information content (AvgIpc) is 2.76. The van der Waals surface area contributed by atoms with Crippen molar-refractivity contribution in [3.05, 3.63) is 40.7 Å². The van der Waals surface area contributed by atoms with Gasteiger partial charge in [-0.05, 0) is 25.1 Å². The number of amides is 1. The summed E-state index contributed by atoms with van der Waals surface area (Å²) in [6.45, 7) is 1.74. The maximum atomic E-state index is 11.9. The molecule has 1 heterocycles. The molecule has 0 atom stereocenters. The molecule has 0 bridgehead atoms. The van der Waals surface area contributed by atoms with Gasteiger partial charge in [0.2, 0.25) is 5.76 Å². The van der Waals surface area contributed by atoms with Gasteiger partial charge >= 0.3 is 0 Å². The van der Waals surface area contributed by atoms with Crippen molar-refractivity contribution in [2.75, 3.05) is 12.4 Å². The molecule has 0 spiro atoms. The van der Waals surface area contributed by atoms with Crippen molar-refractivity contribution in [2.24, 2.45) is 0 Å². The minimum atomic E-state index is -0.398. The van der Waals surface area contributed by atoms with Crippen LogP contribution >= 0.6 is 11.6 Å². The SMILES string of the molecule is COc1ccc(Cl)cc1NC(=O)c1oncc1C. The lowest BCUT2D eigenvalue weighted by atomic mass is 10.2. The fraction of sp³-hybridized carbons (Fsp3) is 0.167. The van der Waals surface area contributed by atoms with E-state index in [4.69, 9.17) is 20.9 Å². The normalized spacial score (nSPS) is 10.2. The molecule has 1 aromatic heterocycles. The van der Waals surface area contributed by atoms with E-state index >= 15 is 0 Å². The minimum absolute atomic E-state index is 0.164. The highest BCUT2D eigenvalue weighted by Crippen LogP contribution is 2.28. The Hall–Kier alpha value is -2.01. The quantitative estimate of drug-likeness (QED) is 0.928. The number of carbonyl (C=O) groups is 1. The van der Waals surface area contributed by atoms with Crippen LogP contribution in [0.25, 0.3) is 0 Å². The zero-order valence-electron chi connectivity index (χ0n) is 9.86. The van der Waals surface area contributed by atoms with Gasteiger partial charge in [-0.2, -0.15) is 0 Å². The Morgan fingerprint density at radius 1 is 1.50 bits per heavy atom. The first-order chi connectivity index (χ1) is 8.61. The first-order valence-electron chi connectivity index (χ1n) is 5.18. The summed E-state index contributed by atoms with van der Waals surface area (Å²) in [5.74, 6) is 0.285. The van der Waals surface area contributed by atoms with Crippen LogP contribution in [-0.2, 0) is 0 Å². The van der Waals surface area contributed by atoms with Crippen LogP contribution in [0.4, 0.5) is 5.69 Å². The Morgan fingerprint density at radius 2 is 2.28 bits per heavy atom. The van der Waals surface area contributed by atoms with Crippen molar-refractivity contribution in [2.45, 2.75) is 6.92 Å². The third-order valence-corrected chi connectivity index (χ3v) is 2.60. The van der Waals surface area contributed by atoms with Gasteiger partial charge in [0.15, 0.2) is 0 Å². The molecule has 0 unspecified atom stereocenters. The van der Waals surface area contributed by atoms with Crippen LogP contribution in [0.2, 0.25) is 5.02 Å². The number of anilines is 1. The second-order valence-electron chi connectivity index (χ2n) is 3.64. The molecule has 94 valence electrons. The van der Waals surface area contributed by atoms with E-state index in [-0.39, 0.29) is 5.76 Å². The smallest absolute Gasteiger partial charge is 0.294 e. The van der Waals surface area contributed by atoms with Crippen LogP contribution in [-0.4, -0.2) is 18.2 Å². The Labute approximate surface area is 109 Å². The molecule has 1 aromatic carbocycles. The molecular formula is C12H11ClN2O3. The van der Waals surface area contributed by atoms with Crippen molar-refractivity contribution in [3.63, 3.8) is 0 Å². The summed E-state index contributed by atoms with van der Waals surface area (Å²) in [5, 5.41) is 6.72. The Morgan fingerprint density at radius 3 is 2.89 bits per heavy atom. The topological polar surface area (TPSA) is 64.4 Å². The standard InChI is InChI=1S/C12H11ClN2O3/c1-7-6-14-18-11(7)12(16)15-9-5-8(13)3-4-10(9)17-2/h3-6H,1-2H3,(H,15,16). The number of ether oxygens (including phenoxy) is 1. The number of rotatable bonds is 3. The summed E-state index contributed by atoms with van der Waals surface area (Å²) in [5.41, 5.74) is 1.14. The van der Waals surface area contributed by atoms with Crippen molar-refractivity contribution in [1.29, 1.82) is 0 Å². The number of benzene rings is 1. The lowest BCUT2D eigenvalue weighted by Crippen LogP contribution is -2.12. The molecule has 2 rings (SSSR count). The number of aryl methyl sites for hydroxylation is 1.